The molecular weight excluding hydrogens is 210 g/mol. The van der Waals surface area contributed by atoms with Crippen molar-refractivity contribution in [2.75, 3.05) is 13.7 Å². The third kappa shape index (κ3) is 10.5. The molecule has 91 valence electrons. The lowest BCUT2D eigenvalue weighted by atomic mass is 10.3. The highest BCUT2D eigenvalue weighted by molar-refractivity contribution is 5.78. The third-order valence-corrected chi connectivity index (χ3v) is 1.38. The van der Waals surface area contributed by atoms with Gasteiger partial charge in [-0.1, -0.05) is 15.5 Å². The zero-order valence-corrected chi connectivity index (χ0v) is 9.92. The lowest BCUT2D eigenvalue weighted by molar-refractivity contribution is 0.0786. The smallest absolute Gasteiger partial charge is 0.129 e. The Bertz CT molecular complexity index is 229. The van der Waals surface area contributed by atoms with Crippen molar-refractivity contribution in [3.05, 3.63) is 0 Å². The Labute approximate surface area is 95.9 Å². The van der Waals surface area contributed by atoms with E-state index in [2.05, 4.69) is 26.5 Å². The van der Waals surface area contributed by atoms with Gasteiger partial charge in [0.05, 0.1) is 0 Å². The van der Waals surface area contributed by atoms with Crippen molar-refractivity contribution in [3.8, 4) is 0 Å². The van der Waals surface area contributed by atoms with Gasteiger partial charge in [0.2, 0.25) is 0 Å². The van der Waals surface area contributed by atoms with Gasteiger partial charge < -0.3 is 14.5 Å². The normalized spacial score (nSPS) is 13.7. The van der Waals surface area contributed by atoms with Gasteiger partial charge in [-0.2, -0.15) is 0 Å². The molecule has 6 heteroatoms. The molecule has 0 saturated heterocycles. The largest absolute Gasteiger partial charge is 0.399 e. The average molecular weight is 228 g/mol. The van der Waals surface area contributed by atoms with Crippen LogP contribution in [0.4, 0.5) is 0 Å². The molecule has 0 bridgehead atoms. The van der Waals surface area contributed by atoms with Crippen LogP contribution >= 0.6 is 0 Å². The number of hydrogen-bond acceptors (Lipinski definition) is 6. The lowest BCUT2D eigenvalue weighted by Crippen LogP contribution is -2.04. The second-order valence-corrected chi connectivity index (χ2v) is 2.78. The zero-order chi connectivity index (χ0) is 12.1. The molecule has 0 amide bonds. The summed E-state index contributed by atoms with van der Waals surface area (Å²) in [5.74, 6) is 0. The highest BCUT2D eigenvalue weighted by Gasteiger charge is 1.97. The van der Waals surface area contributed by atoms with Crippen molar-refractivity contribution in [1.29, 1.82) is 0 Å². The van der Waals surface area contributed by atoms with Crippen LogP contribution in [-0.2, 0) is 14.5 Å². The van der Waals surface area contributed by atoms with E-state index in [4.69, 9.17) is 9.68 Å². The van der Waals surface area contributed by atoms with Gasteiger partial charge in [-0.3, -0.25) is 0 Å². The SMILES string of the molecule is CCON=CC/[C]=N/OC(C)CC=NOC. The first-order valence-corrected chi connectivity index (χ1v) is 5.08. The first-order valence-electron chi connectivity index (χ1n) is 5.08. The molecule has 0 aromatic heterocycles. The molecule has 0 aliphatic heterocycles. The first-order chi connectivity index (χ1) is 7.81. The molecule has 0 fully saturated rings. The van der Waals surface area contributed by atoms with Crippen LogP contribution in [0, 0.1) is 0 Å². The molecule has 0 N–H and O–H groups in total. The maximum Gasteiger partial charge on any atom is 0.129 e. The fraction of sp³-hybridized carbons (Fsp3) is 0.700. The summed E-state index contributed by atoms with van der Waals surface area (Å²) in [4.78, 5) is 14.3. The van der Waals surface area contributed by atoms with Crippen molar-refractivity contribution in [3.63, 3.8) is 0 Å². The van der Waals surface area contributed by atoms with E-state index in [-0.39, 0.29) is 6.10 Å². The second-order valence-electron chi connectivity index (χ2n) is 2.78. The molecule has 0 spiro atoms. The summed E-state index contributed by atoms with van der Waals surface area (Å²) in [5, 5.41) is 10.9. The molecule has 0 aromatic rings. The Morgan fingerprint density at radius 2 is 2.12 bits per heavy atom. The Kier molecular flexibility index (Phi) is 10.3. The van der Waals surface area contributed by atoms with E-state index in [1.54, 1.807) is 12.4 Å². The van der Waals surface area contributed by atoms with Gasteiger partial charge >= 0.3 is 0 Å². The molecular formula is C10H18N3O3. The topological polar surface area (TPSA) is 64.8 Å². The Hall–Kier alpha value is -1.59. The molecule has 0 aliphatic rings. The van der Waals surface area contributed by atoms with Crippen LogP contribution < -0.4 is 0 Å². The van der Waals surface area contributed by atoms with E-state index in [9.17, 15) is 0 Å². The number of rotatable bonds is 9. The summed E-state index contributed by atoms with van der Waals surface area (Å²) < 4.78 is 0. The van der Waals surface area contributed by atoms with Gasteiger partial charge in [0.15, 0.2) is 0 Å². The van der Waals surface area contributed by atoms with Crippen LogP contribution in [0.3, 0.4) is 0 Å². The third-order valence-electron chi connectivity index (χ3n) is 1.38. The molecule has 6 nitrogen and oxygen atoms in total. The summed E-state index contributed by atoms with van der Waals surface area (Å²) >= 11 is 0. The van der Waals surface area contributed by atoms with Gasteiger partial charge in [0, 0.05) is 25.3 Å². The fourth-order valence-electron chi connectivity index (χ4n) is 0.679. The highest BCUT2D eigenvalue weighted by Crippen LogP contribution is 1.95. The summed E-state index contributed by atoms with van der Waals surface area (Å²) in [7, 11) is 1.49. The molecule has 16 heavy (non-hydrogen) atoms. The van der Waals surface area contributed by atoms with E-state index in [0.717, 1.165) is 0 Å². The van der Waals surface area contributed by atoms with E-state index in [0.29, 0.717) is 19.4 Å². The zero-order valence-electron chi connectivity index (χ0n) is 9.92. The van der Waals surface area contributed by atoms with Crippen molar-refractivity contribution in [2.45, 2.75) is 32.8 Å². The number of nitrogens with zero attached hydrogens (tertiary/aromatic N) is 3. The standard InChI is InChI=1S/C10H18N3O3/c1-4-15-12-7-5-8-13-16-10(2)6-9-11-14-3/h7,9-10H,4-6H2,1-3H3. The van der Waals surface area contributed by atoms with Crippen molar-refractivity contribution in [1.82, 2.24) is 0 Å². The molecule has 1 atom stereocenters. The van der Waals surface area contributed by atoms with Crippen LogP contribution in [0.15, 0.2) is 15.5 Å². The minimum atomic E-state index is -0.0600. The van der Waals surface area contributed by atoms with Crippen molar-refractivity contribution in [2.24, 2.45) is 15.5 Å². The van der Waals surface area contributed by atoms with Crippen LogP contribution in [0.25, 0.3) is 0 Å². The lowest BCUT2D eigenvalue weighted by Gasteiger charge is -2.04. The van der Waals surface area contributed by atoms with Crippen LogP contribution in [0.5, 0.6) is 0 Å². The van der Waals surface area contributed by atoms with Crippen molar-refractivity contribution >= 4 is 18.6 Å². The molecule has 0 heterocycles. The Morgan fingerprint density at radius 1 is 1.31 bits per heavy atom. The minimum absolute atomic E-state index is 0.0600. The molecule has 0 aliphatic carbocycles. The Morgan fingerprint density at radius 3 is 2.81 bits per heavy atom. The predicted octanol–water partition coefficient (Wildman–Crippen LogP) is 1.69. The van der Waals surface area contributed by atoms with Gasteiger partial charge in [-0.15, -0.1) is 0 Å². The minimum Gasteiger partial charge on any atom is -0.399 e. The van der Waals surface area contributed by atoms with E-state index >= 15 is 0 Å². The van der Waals surface area contributed by atoms with Crippen LogP contribution in [0.1, 0.15) is 26.7 Å². The molecule has 1 unspecified atom stereocenters. The first kappa shape index (κ1) is 14.4. The fourth-order valence-corrected chi connectivity index (χ4v) is 0.679. The number of hydrogen-bond donors (Lipinski definition) is 0. The van der Waals surface area contributed by atoms with Crippen LogP contribution in [0.2, 0.25) is 0 Å². The monoisotopic (exact) mass is 228 g/mol. The second kappa shape index (κ2) is 11.5. The van der Waals surface area contributed by atoms with Gasteiger partial charge in [-0.05, 0) is 13.8 Å². The van der Waals surface area contributed by atoms with Gasteiger partial charge in [0.1, 0.15) is 26.0 Å². The summed E-state index contributed by atoms with van der Waals surface area (Å²) in [6, 6.07) is 0. The molecule has 0 rings (SSSR count). The maximum absolute atomic E-state index is 5.06. The molecule has 0 saturated carbocycles. The van der Waals surface area contributed by atoms with Gasteiger partial charge in [-0.25, -0.2) is 0 Å². The predicted molar refractivity (Wildman–Crippen MR) is 62.8 cm³/mol. The highest BCUT2D eigenvalue weighted by atomic mass is 16.6. The van der Waals surface area contributed by atoms with E-state index < -0.39 is 0 Å². The average Bonchev–Trinajstić information content (AvgIpc) is 2.28. The maximum atomic E-state index is 5.06. The quantitative estimate of drug-likeness (QED) is 0.445. The summed E-state index contributed by atoms with van der Waals surface area (Å²) in [5.41, 5.74) is 0. The Balaban J connectivity index is 3.47. The van der Waals surface area contributed by atoms with Gasteiger partial charge in [0.25, 0.3) is 0 Å². The summed E-state index contributed by atoms with van der Waals surface area (Å²) in [6.45, 7) is 4.29. The molecule has 1 radical (unpaired) electrons. The molecule has 0 aromatic carbocycles. The van der Waals surface area contributed by atoms with E-state index in [1.165, 1.54) is 7.11 Å². The number of oxime groups is 2. The van der Waals surface area contributed by atoms with Crippen LogP contribution in [-0.4, -0.2) is 38.5 Å². The summed E-state index contributed by atoms with van der Waals surface area (Å²) in [6.07, 6.45) is 6.88. The van der Waals surface area contributed by atoms with Crippen molar-refractivity contribution < 1.29 is 14.5 Å². The van der Waals surface area contributed by atoms with E-state index in [1.807, 2.05) is 13.8 Å².